The Morgan fingerprint density at radius 1 is 1.43 bits per heavy atom. The second-order valence-corrected chi connectivity index (χ2v) is 5.92. The Morgan fingerprint density at radius 2 is 2.24 bits per heavy atom. The number of aryl methyl sites for hydroxylation is 3. The third-order valence-electron chi connectivity index (χ3n) is 3.78. The molecule has 1 aromatic carbocycles. The van der Waals surface area contributed by atoms with Gasteiger partial charge in [-0.15, -0.1) is 0 Å². The van der Waals surface area contributed by atoms with Gasteiger partial charge in [-0.25, -0.2) is 0 Å². The maximum Gasteiger partial charge on any atom is 0.131 e. The summed E-state index contributed by atoms with van der Waals surface area (Å²) in [6.45, 7) is 2.41. The van der Waals surface area contributed by atoms with Crippen LogP contribution in [0, 0.1) is 6.92 Å². The van der Waals surface area contributed by atoms with Crippen LogP contribution in [0.25, 0.3) is 0 Å². The van der Waals surface area contributed by atoms with E-state index in [2.05, 4.69) is 26.2 Å². The van der Waals surface area contributed by atoms with Gasteiger partial charge in [0.2, 0.25) is 0 Å². The first-order valence-corrected chi connectivity index (χ1v) is 7.54. The molecule has 0 amide bonds. The van der Waals surface area contributed by atoms with Crippen molar-refractivity contribution in [3.63, 3.8) is 0 Å². The summed E-state index contributed by atoms with van der Waals surface area (Å²) >= 11 is 3.53. The molecule has 0 unspecified atom stereocenters. The van der Waals surface area contributed by atoms with Crippen molar-refractivity contribution in [2.75, 3.05) is 0 Å². The third kappa shape index (κ3) is 2.55. The fraction of sp³-hybridized carbons (Fsp3) is 0.333. The molecule has 6 heteroatoms. The molecule has 0 saturated heterocycles. The van der Waals surface area contributed by atoms with Crippen molar-refractivity contribution in [1.82, 2.24) is 9.78 Å². The van der Waals surface area contributed by atoms with Crippen molar-refractivity contribution < 1.29 is 9.94 Å². The number of aromatic nitrogens is 2. The average Bonchev–Trinajstić information content (AvgIpc) is 2.98. The quantitative estimate of drug-likeness (QED) is 0.683. The van der Waals surface area contributed by atoms with Crippen molar-refractivity contribution in [3.8, 4) is 5.75 Å². The molecule has 3 rings (SSSR count). The van der Waals surface area contributed by atoms with Gasteiger partial charge in [0.15, 0.2) is 0 Å². The molecule has 0 bridgehead atoms. The highest BCUT2D eigenvalue weighted by atomic mass is 79.9. The Hall–Kier alpha value is -1.82. The van der Waals surface area contributed by atoms with Crippen LogP contribution in [0.2, 0.25) is 0 Å². The largest absolute Gasteiger partial charge is 0.487 e. The highest BCUT2D eigenvalue weighted by Crippen LogP contribution is 2.28. The molecule has 0 aliphatic heterocycles. The minimum Gasteiger partial charge on any atom is -0.487 e. The van der Waals surface area contributed by atoms with Gasteiger partial charge in [0.1, 0.15) is 12.4 Å². The zero-order valence-corrected chi connectivity index (χ0v) is 13.5. The van der Waals surface area contributed by atoms with Crippen LogP contribution >= 0.6 is 15.9 Å². The summed E-state index contributed by atoms with van der Waals surface area (Å²) in [5.74, 6) is 0.818. The monoisotopic (exact) mass is 349 g/mol. The van der Waals surface area contributed by atoms with E-state index in [0.717, 1.165) is 45.7 Å². The zero-order valence-electron chi connectivity index (χ0n) is 11.9. The lowest BCUT2D eigenvalue weighted by Crippen LogP contribution is -2.04. The fourth-order valence-corrected chi connectivity index (χ4v) is 3.08. The van der Waals surface area contributed by atoms with Crippen molar-refractivity contribution >= 4 is 21.6 Å². The van der Waals surface area contributed by atoms with Gasteiger partial charge in [0.25, 0.3) is 0 Å². The highest BCUT2D eigenvalue weighted by Gasteiger charge is 2.19. The van der Waals surface area contributed by atoms with Crippen LogP contribution in [-0.2, 0) is 20.1 Å². The van der Waals surface area contributed by atoms with Crippen LogP contribution in [0.4, 0.5) is 0 Å². The van der Waals surface area contributed by atoms with E-state index in [1.54, 1.807) is 0 Å². The van der Waals surface area contributed by atoms with Gasteiger partial charge >= 0.3 is 0 Å². The normalized spacial score (nSPS) is 15.5. The third-order valence-corrected chi connectivity index (χ3v) is 4.81. The molecular formula is C15H16BrN3O2. The summed E-state index contributed by atoms with van der Waals surface area (Å²) in [7, 11) is 1.91. The predicted octanol–water partition coefficient (Wildman–Crippen LogP) is 3.19. The number of oxime groups is 1. The summed E-state index contributed by atoms with van der Waals surface area (Å²) in [4.78, 5) is 0. The van der Waals surface area contributed by atoms with Gasteiger partial charge in [-0.3, -0.25) is 4.68 Å². The van der Waals surface area contributed by atoms with E-state index in [4.69, 9.17) is 9.94 Å². The van der Waals surface area contributed by atoms with Crippen LogP contribution in [0.5, 0.6) is 5.75 Å². The lowest BCUT2D eigenvalue weighted by Gasteiger charge is -2.09. The second-order valence-electron chi connectivity index (χ2n) is 5.12. The maximum atomic E-state index is 8.94. The average molecular weight is 350 g/mol. The van der Waals surface area contributed by atoms with E-state index in [0.29, 0.717) is 6.61 Å². The second kappa shape index (κ2) is 5.52. The molecule has 110 valence electrons. The highest BCUT2D eigenvalue weighted by molar-refractivity contribution is 9.10. The number of nitrogens with zero attached hydrogens (tertiary/aromatic N) is 3. The molecule has 2 aromatic rings. The molecule has 1 aliphatic rings. The Labute approximate surface area is 131 Å². The van der Waals surface area contributed by atoms with Gasteiger partial charge in [-0.05, 0) is 59.5 Å². The van der Waals surface area contributed by atoms with Crippen LogP contribution in [0.3, 0.4) is 0 Å². The molecule has 5 nitrogen and oxygen atoms in total. The molecule has 0 fully saturated rings. The molecular weight excluding hydrogens is 334 g/mol. The summed E-state index contributed by atoms with van der Waals surface area (Å²) in [6.07, 6.45) is 1.67. The summed E-state index contributed by atoms with van der Waals surface area (Å²) < 4.78 is 8.68. The molecule has 0 saturated carbocycles. The number of ether oxygens (including phenoxy) is 1. The fourth-order valence-electron chi connectivity index (χ4n) is 2.63. The van der Waals surface area contributed by atoms with Gasteiger partial charge in [0, 0.05) is 12.6 Å². The molecule has 1 N–H and O–H groups in total. The van der Waals surface area contributed by atoms with E-state index >= 15 is 0 Å². The lowest BCUT2D eigenvalue weighted by atomic mass is 10.1. The summed E-state index contributed by atoms with van der Waals surface area (Å²) in [6, 6.07) is 5.88. The standard InChI is InChI=1S/C15H16BrN3O2/c1-9-15(16)14(19(2)17-9)8-21-11-4-5-12-10(7-11)3-6-13(12)18-20/h4-5,7,20H,3,6,8H2,1-2H3/b18-13+. The molecule has 0 spiro atoms. The number of benzene rings is 1. The molecule has 0 radical (unpaired) electrons. The molecule has 1 aliphatic carbocycles. The molecule has 0 atom stereocenters. The van der Waals surface area contributed by atoms with Crippen molar-refractivity contribution in [1.29, 1.82) is 0 Å². The minimum atomic E-state index is 0.456. The van der Waals surface area contributed by atoms with Crippen molar-refractivity contribution in [2.24, 2.45) is 12.2 Å². The van der Waals surface area contributed by atoms with Crippen LogP contribution in [-0.4, -0.2) is 20.7 Å². The van der Waals surface area contributed by atoms with Gasteiger partial charge < -0.3 is 9.94 Å². The smallest absolute Gasteiger partial charge is 0.131 e. The first kappa shape index (κ1) is 14.1. The van der Waals surface area contributed by atoms with E-state index in [9.17, 15) is 0 Å². The Kier molecular flexibility index (Phi) is 3.71. The SMILES string of the molecule is Cc1nn(C)c(COc2ccc3c(c2)CC/C3=N\O)c1Br. The number of halogens is 1. The van der Waals surface area contributed by atoms with E-state index in [1.165, 1.54) is 5.56 Å². The van der Waals surface area contributed by atoms with Crippen molar-refractivity contribution in [2.45, 2.75) is 26.4 Å². The first-order chi connectivity index (χ1) is 10.1. The Bertz CT molecular complexity index is 722. The summed E-state index contributed by atoms with van der Waals surface area (Å²) in [5, 5.41) is 16.6. The van der Waals surface area contributed by atoms with E-state index in [-0.39, 0.29) is 0 Å². The zero-order chi connectivity index (χ0) is 15.0. The maximum absolute atomic E-state index is 8.94. The van der Waals surface area contributed by atoms with Crippen LogP contribution < -0.4 is 4.74 Å². The minimum absolute atomic E-state index is 0.456. The Balaban J connectivity index is 1.78. The first-order valence-electron chi connectivity index (χ1n) is 6.75. The van der Waals surface area contributed by atoms with Gasteiger partial charge in [0.05, 0.1) is 21.6 Å². The topological polar surface area (TPSA) is 59.6 Å². The molecule has 1 heterocycles. The van der Waals surface area contributed by atoms with Gasteiger partial charge in [-0.1, -0.05) is 5.16 Å². The number of rotatable bonds is 3. The van der Waals surface area contributed by atoms with E-state index in [1.807, 2.05) is 36.9 Å². The Morgan fingerprint density at radius 3 is 2.90 bits per heavy atom. The van der Waals surface area contributed by atoms with E-state index < -0.39 is 0 Å². The van der Waals surface area contributed by atoms with Crippen molar-refractivity contribution in [3.05, 3.63) is 45.2 Å². The predicted molar refractivity (Wildman–Crippen MR) is 83.1 cm³/mol. The molecule has 1 aromatic heterocycles. The number of hydrogen-bond acceptors (Lipinski definition) is 4. The summed E-state index contributed by atoms with van der Waals surface area (Å²) in [5.41, 5.74) is 4.89. The lowest BCUT2D eigenvalue weighted by molar-refractivity contribution is 0.294. The number of fused-ring (bicyclic) bond motifs is 1. The van der Waals surface area contributed by atoms with Crippen LogP contribution in [0.1, 0.15) is 28.9 Å². The van der Waals surface area contributed by atoms with Gasteiger partial charge in [-0.2, -0.15) is 5.10 Å². The number of hydrogen-bond donors (Lipinski definition) is 1. The van der Waals surface area contributed by atoms with Crippen LogP contribution in [0.15, 0.2) is 27.8 Å². The molecule has 21 heavy (non-hydrogen) atoms.